The number of amides is 1. The zero-order valence-corrected chi connectivity index (χ0v) is 18.4. The predicted molar refractivity (Wildman–Crippen MR) is 115 cm³/mol. The van der Waals surface area contributed by atoms with Gasteiger partial charge >= 0.3 is 15.6 Å². The summed E-state index contributed by atoms with van der Waals surface area (Å²) in [6.07, 6.45) is 2.68. The number of hydrogen-bond donors (Lipinski definition) is 0. The van der Waals surface area contributed by atoms with Crippen LogP contribution in [-0.2, 0) is 19.8 Å². The van der Waals surface area contributed by atoms with Crippen LogP contribution in [0.25, 0.3) is 11.1 Å². The topological polar surface area (TPSA) is 85.8 Å². The Bertz CT molecular complexity index is 1240. The van der Waals surface area contributed by atoms with Gasteiger partial charge in [-0.1, -0.05) is 41.9 Å². The van der Waals surface area contributed by atoms with Crippen molar-refractivity contribution in [2.75, 3.05) is 5.06 Å². The lowest BCUT2D eigenvalue weighted by Gasteiger charge is -2.24. The van der Waals surface area contributed by atoms with Crippen molar-refractivity contribution in [1.29, 1.82) is 0 Å². The molecule has 7 nitrogen and oxygen atoms in total. The minimum absolute atomic E-state index is 0.287. The van der Waals surface area contributed by atoms with Crippen molar-refractivity contribution in [3.05, 3.63) is 77.6 Å². The van der Waals surface area contributed by atoms with E-state index in [1.807, 2.05) is 0 Å². The van der Waals surface area contributed by atoms with Crippen LogP contribution in [0.3, 0.4) is 0 Å². The number of anilines is 1. The van der Waals surface area contributed by atoms with E-state index in [1.54, 1.807) is 31.2 Å². The summed E-state index contributed by atoms with van der Waals surface area (Å²) in [5.74, 6) is -0.530. The molecule has 0 aliphatic rings. The molecule has 0 N–H and O–H groups in total. The number of benzene rings is 2. The Morgan fingerprint density at radius 1 is 1.09 bits per heavy atom. The summed E-state index contributed by atoms with van der Waals surface area (Å²) in [4.78, 5) is 21.6. The second-order valence-electron chi connectivity index (χ2n) is 6.60. The number of nitrogens with zero attached hydrogens (tertiary/aromatic N) is 2. The molecule has 3 rings (SSSR count). The summed E-state index contributed by atoms with van der Waals surface area (Å²) >= 11 is 6.19. The van der Waals surface area contributed by atoms with E-state index in [2.05, 4.69) is 9.17 Å². The third-order valence-electron chi connectivity index (χ3n) is 4.40. The van der Waals surface area contributed by atoms with Gasteiger partial charge in [-0.2, -0.15) is 26.7 Å². The van der Waals surface area contributed by atoms with Gasteiger partial charge in [0.2, 0.25) is 6.41 Å². The molecule has 33 heavy (non-hydrogen) atoms. The molecule has 174 valence electrons. The maximum Gasteiger partial charge on any atom is 0.534 e. The minimum atomic E-state index is -5.79. The Balaban J connectivity index is 1.88. The van der Waals surface area contributed by atoms with Crippen molar-refractivity contribution in [3.63, 3.8) is 0 Å². The van der Waals surface area contributed by atoms with Gasteiger partial charge in [0.15, 0.2) is 0 Å². The SMILES string of the molecule is CC(ON(C=O)c1ccncc1-c1ccc(OS(=O)(=O)C(F)(F)F)cc1)c1ccccc1Cl. The number of hydroxylamine groups is 1. The molecule has 2 aromatic carbocycles. The van der Waals surface area contributed by atoms with Crippen molar-refractivity contribution >= 4 is 33.8 Å². The van der Waals surface area contributed by atoms with Crippen LogP contribution >= 0.6 is 11.6 Å². The van der Waals surface area contributed by atoms with Gasteiger partial charge in [-0.25, -0.2) is 0 Å². The van der Waals surface area contributed by atoms with Gasteiger partial charge in [0.25, 0.3) is 0 Å². The lowest BCUT2D eigenvalue weighted by molar-refractivity contribution is -0.116. The highest BCUT2D eigenvalue weighted by atomic mass is 35.5. The first-order valence-electron chi connectivity index (χ1n) is 9.24. The quantitative estimate of drug-likeness (QED) is 0.181. The number of halogens is 4. The molecule has 0 radical (unpaired) electrons. The molecule has 0 spiro atoms. The molecule has 0 saturated heterocycles. The molecule has 0 bridgehead atoms. The number of aromatic nitrogens is 1. The van der Waals surface area contributed by atoms with Crippen molar-refractivity contribution in [2.24, 2.45) is 0 Å². The second-order valence-corrected chi connectivity index (χ2v) is 8.55. The van der Waals surface area contributed by atoms with Gasteiger partial charge in [0.05, 0.1) is 5.69 Å². The predicted octanol–water partition coefficient (Wildman–Crippen LogP) is 5.29. The summed E-state index contributed by atoms with van der Waals surface area (Å²) in [7, 11) is -5.79. The molecule has 1 unspecified atom stereocenters. The van der Waals surface area contributed by atoms with Crippen LogP contribution in [-0.4, -0.2) is 25.3 Å². The molecule has 1 amide bonds. The van der Waals surface area contributed by atoms with Crippen molar-refractivity contribution in [3.8, 4) is 16.9 Å². The van der Waals surface area contributed by atoms with Crippen molar-refractivity contribution in [2.45, 2.75) is 18.5 Å². The molecule has 0 aliphatic carbocycles. The minimum Gasteiger partial charge on any atom is -0.376 e. The fourth-order valence-electron chi connectivity index (χ4n) is 2.84. The fraction of sp³-hybridized carbons (Fsp3) is 0.143. The van der Waals surface area contributed by atoms with Gasteiger partial charge in [-0.05, 0) is 36.8 Å². The smallest absolute Gasteiger partial charge is 0.376 e. The first-order valence-corrected chi connectivity index (χ1v) is 11.0. The summed E-state index contributed by atoms with van der Waals surface area (Å²) in [6, 6.07) is 13.2. The highest BCUT2D eigenvalue weighted by molar-refractivity contribution is 7.88. The van der Waals surface area contributed by atoms with E-state index in [4.69, 9.17) is 16.4 Å². The normalized spacial score (nSPS) is 12.8. The molecule has 1 aromatic heterocycles. The molecular formula is C21H16ClF3N2O5S. The number of rotatable bonds is 8. The van der Waals surface area contributed by atoms with Crippen LogP contribution in [0.2, 0.25) is 5.02 Å². The summed E-state index contributed by atoms with van der Waals surface area (Å²) in [5.41, 5.74) is -3.82. The first-order chi connectivity index (χ1) is 15.5. The van der Waals surface area contributed by atoms with Gasteiger partial charge in [0, 0.05) is 28.5 Å². The number of hydrogen-bond acceptors (Lipinski definition) is 6. The summed E-state index contributed by atoms with van der Waals surface area (Å²) in [6.45, 7) is 1.70. The third kappa shape index (κ3) is 5.62. The molecular weight excluding hydrogens is 485 g/mol. The standard InChI is InChI=1S/C21H16ClF3N2O5S/c1-14(17-4-2-3-5-19(17)22)31-27(13-28)20-10-11-26-12-18(20)15-6-8-16(9-7-15)32-33(29,30)21(23,24)25/h2-14H,1H3. The zero-order chi connectivity index (χ0) is 24.2. The molecule has 0 saturated carbocycles. The lowest BCUT2D eigenvalue weighted by Crippen LogP contribution is -2.28. The van der Waals surface area contributed by atoms with E-state index in [9.17, 15) is 26.4 Å². The Hall–Kier alpha value is -3.15. The number of pyridine rings is 1. The van der Waals surface area contributed by atoms with Gasteiger partial charge in [-0.15, -0.1) is 0 Å². The monoisotopic (exact) mass is 500 g/mol. The summed E-state index contributed by atoms with van der Waals surface area (Å²) < 4.78 is 64.0. The number of carbonyl (C=O) groups excluding carboxylic acids is 1. The average molecular weight is 501 g/mol. The van der Waals surface area contributed by atoms with Crippen LogP contribution < -0.4 is 9.25 Å². The maximum absolute atomic E-state index is 12.5. The summed E-state index contributed by atoms with van der Waals surface area (Å²) in [5, 5.41) is 1.43. The van der Waals surface area contributed by atoms with Crippen LogP contribution in [0.15, 0.2) is 67.0 Å². The molecule has 12 heteroatoms. The zero-order valence-electron chi connectivity index (χ0n) is 16.9. The van der Waals surface area contributed by atoms with Crippen LogP contribution in [0.5, 0.6) is 5.75 Å². The molecule has 3 aromatic rings. The second kappa shape index (κ2) is 9.77. The number of alkyl halides is 3. The molecule has 1 heterocycles. The van der Waals surface area contributed by atoms with E-state index in [0.29, 0.717) is 28.1 Å². The van der Waals surface area contributed by atoms with Crippen molar-refractivity contribution in [1.82, 2.24) is 4.98 Å². The third-order valence-corrected chi connectivity index (χ3v) is 5.72. The van der Waals surface area contributed by atoms with Crippen LogP contribution in [0.4, 0.5) is 18.9 Å². The van der Waals surface area contributed by atoms with E-state index >= 15 is 0 Å². The number of carbonyl (C=O) groups is 1. The van der Waals surface area contributed by atoms with Crippen LogP contribution in [0.1, 0.15) is 18.6 Å². The van der Waals surface area contributed by atoms with Crippen molar-refractivity contribution < 1.29 is 35.4 Å². The highest BCUT2D eigenvalue weighted by Crippen LogP contribution is 2.34. The highest BCUT2D eigenvalue weighted by Gasteiger charge is 2.48. The molecule has 0 aliphatic heterocycles. The Kier molecular flexibility index (Phi) is 7.25. The molecule has 0 fully saturated rings. The first kappa shape index (κ1) is 24.5. The van der Waals surface area contributed by atoms with E-state index in [1.165, 1.54) is 30.6 Å². The Morgan fingerprint density at radius 2 is 1.76 bits per heavy atom. The van der Waals surface area contributed by atoms with E-state index < -0.39 is 27.5 Å². The van der Waals surface area contributed by atoms with Gasteiger partial charge in [-0.3, -0.25) is 14.6 Å². The van der Waals surface area contributed by atoms with Gasteiger partial charge < -0.3 is 4.18 Å². The van der Waals surface area contributed by atoms with E-state index in [0.717, 1.165) is 17.2 Å². The largest absolute Gasteiger partial charge is 0.534 e. The average Bonchev–Trinajstić information content (AvgIpc) is 2.77. The maximum atomic E-state index is 12.5. The van der Waals surface area contributed by atoms with Gasteiger partial charge in [0.1, 0.15) is 11.9 Å². The Labute approximate surface area is 192 Å². The molecule has 1 atom stereocenters. The Morgan fingerprint density at radius 3 is 2.36 bits per heavy atom. The fourth-order valence-corrected chi connectivity index (χ4v) is 3.58. The van der Waals surface area contributed by atoms with Crippen LogP contribution in [0, 0.1) is 0 Å². The van der Waals surface area contributed by atoms with E-state index in [-0.39, 0.29) is 5.69 Å². The lowest BCUT2D eigenvalue weighted by atomic mass is 10.1.